The molecule has 0 atom stereocenters. The van der Waals surface area contributed by atoms with Crippen LogP contribution in [0.15, 0.2) is 54.6 Å². The number of aryl methyl sites for hydroxylation is 1. The number of carbonyl (C=O) groups is 1. The highest BCUT2D eigenvalue weighted by atomic mass is 16.5. The van der Waals surface area contributed by atoms with Crippen molar-refractivity contribution in [3.63, 3.8) is 0 Å². The number of amides is 1. The van der Waals surface area contributed by atoms with Crippen molar-refractivity contribution in [3.8, 4) is 11.5 Å². The largest absolute Gasteiger partial charge is 0.496 e. The molecule has 3 aromatic rings. The Morgan fingerprint density at radius 1 is 0.923 bits per heavy atom. The molecule has 0 aliphatic heterocycles. The lowest BCUT2D eigenvalue weighted by Gasteiger charge is -2.20. The van der Waals surface area contributed by atoms with E-state index in [0.29, 0.717) is 12.1 Å². The molecule has 4 nitrogen and oxygen atoms in total. The maximum absolute atomic E-state index is 13.1. The van der Waals surface area contributed by atoms with Crippen molar-refractivity contribution < 1.29 is 14.3 Å². The number of hydrogen-bond acceptors (Lipinski definition) is 3. The third kappa shape index (κ3) is 3.36. The molecule has 0 fully saturated rings. The molecular formula is C22H23NO3. The van der Waals surface area contributed by atoms with Crippen LogP contribution >= 0.6 is 0 Å². The first-order valence-electron chi connectivity index (χ1n) is 8.50. The minimum absolute atomic E-state index is 0.0348. The molecule has 1 amide bonds. The van der Waals surface area contributed by atoms with Gasteiger partial charge >= 0.3 is 0 Å². The molecule has 0 aliphatic rings. The fourth-order valence-corrected chi connectivity index (χ4v) is 3.20. The molecule has 0 unspecified atom stereocenters. The van der Waals surface area contributed by atoms with Gasteiger partial charge in [0.15, 0.2) is 0 Å². The quantitative estimate of drug-likeness (QED) is 0.684. The monoisotopic (exact) mass is 349 g/mol. The van der Waals surface area contributed by atoms with Crippen LogP contribution < -0.4 is 9.47 Å². The minimum Gasteiger partial charge on any atom is -0.496 e. The second-order valence-corrected chi connectivity index (χ2v) is 6.34. The van der Waals surface area contributed by atoms with Crippen LogP contribution in [0.4, 0.5) is 0 Å². The molecule has 0 aromatic heterocycles. The van der Waals surface area contributed by atoms with Crippen LogP contribution in [0.2, 0.25) is 0 Å². The van der Waals surface area contributed by atoms with Gasteiger partial charge in [-0.3, -0.25) is 4.79 Å². The fourth-order valence-electron chi connectivity index (χ4n) is 3.20. The van der Waals surface area contributed by atoms with Gasteiger partial charge < -0.3 is 14.4 Å². The van der Waals surface area contributed by atoms with E-state index < -0.39 is 0 Å². The van der Waals surface area contributed by atoms with Gasteiger partial charge in [-0.2, -0.15) is 0 Å². The predicted molar refractivity (Wildman–Crippen MR) is 104 cm³/mol. The smallest absolute Gasteiger partial charge is 0.254 e. The molecule has 0 saturated heterocycles. The molecule has 0 radical (unpaired) electrons. The molecule has 4 heteroatoms. The molecular weight excluding hydrogens is 326 g/mol. The number of methoxy groups -OCH3 is 2. The van der Waals surface area contributed by atoms with Crippen molar-refractivity contribution in [3.05, 3.63) is 71.3 Å². The fraction of sp³-hybridized carbons (Fsp3) is 0.227. The summed E-state index contributed by atoms with van der Waals surface area (Å²) in [5, 5.41) is 1.82. The summed E-state index contributed by atoms with van der Waals surface area (Å²) in [6, 6.07) is 17.5. The van der Waals surface area contributed by atoms with E-state index in [4.69, 9.17) is 9.47 Å². The van der Waals surface area contributed by atoms with Crippen molar-refractivity contribution in [2.75, 3.05) is 21.3 Å². The van der Waals surface area contributed by atoms with Gasteiger partial charge in [0.25, 0.3) is 5.91 Å². The van der Waals surface area contributed by atoms with Gasteiger partial charge in [0.1, 0.15) is 11.5 Å². The van der Waals surface area contributed by atoms with Gasteiger partial charge in [-0.1, -0.05) is 42.0 Å². The Labute approximate surface area is 154 Å². The third-order valence-corrected chi connectivity index (χ3v) is 4.52. The standard InChI is InChI=1S/C22H23NO3/c1-15-9-11-20(25-3)16(13-15)14-23(2)22(24)19-10-12-21(26-4)18-8-6-5-7-17(18)19/h5-13H,14H2,1-4H3. The van der Waals surface area contributed by atoms with Crippen LogP contribution in [0.5, 0.6) is 11.5 Å². The normalized spacial score (nSPS) is 10.6. The molecule has 26 heavy (non-hydrogen) atoms. The summed E-state index contributed by atoms with van der Waals surface area (Å²) in [6.07, 6.45) is 0. The van der Waals surface area contributed by atoms with Crippen LogP contribution in [-0.2, 0) is 6.54 Å². The molecule has 0 spiro atoms. The molecule has 0 saturated carbocycles. The highest BCUT2D eigenvalue weighted by Gasteiger charge is 2.18. The van der Waals surface area contributed by atoms with Crippen LogP contribution in [0.25, 0.3) is 10.8 Å². The third-order valence-electron chi connectivity index (χ3n) is 4.52. The molecule has 0 aliphatic carbocycles. The lowest BCUT2D eigenvalue weighted by molar-refractivity contribution is 0.0786. The van der Waals surface area contributed by atoms with Crippen LogP contribution in [0.3, 0.4) is 0 Å². The molecule has 0 bridgehead atoms. The average molecular weight is 349 g/mol. The molecule has 0 heterocycles. The Kier molecular flexibility index (Phi) is 5.12. The highest BCUT2D eigenvalue weighted by molar-refractivity contribution is 6.08. The summed E-state index contributed by atoms with van der Waals surface area (Å²) in [4.78, 5) is 14.8. The van der Waals surface area contributed by atoms with Crippen molar-refractivity contribution in [2.24, 2.45) is 0 Å². The van der Waals surface area contributed by atoms with E-state index in [0.717, 1.165) is 33.4 Å². The number of benzene rings is 3. The van der Waals surface area contributed by atoms with Crippen LogP contribution in [0.1, 0.15) is 21.5 Å². The lowest BCUT2D eigenvalue weighted by atomic mass is 10.0. The van der Waals surface area contributed by atoms with E-state index >= 15 is 0 Å². The lowest BCUT2D eigenvalue weighted by Crippen LogP contribution is -2.26. The summed E-state index contributed by atoms with van der Waals surface area (Å²) in [7, 11) is 5.09. The van der Waals surface area contributed by atoms with Crippen molar-refractivity contribution in [2.45, 2.75) is 13.5 Å². The second-order valence-electron chi connectivity index (χ2n) is 6.34. The summed E-state index contributed by atoms with van der Waals surface area (Å²) in [6.45, 7) is 2.51. The average Bonchev–Trinajstić information content (AvgIpc) is 2.66. The van der Waals surface area contributed by atoms with E-state index in [1.807, 2.05) is 62.5 Å². The van der Waals surface area contributed by atoms with Crippen LogP contribution in [-0.4, -0.2) is 32.1 Å². The topological polar surface area (TPSA) is 38.8 Å². The summed E-state index contributed by atoms with van der Waals surface area (Å²) in [5.41, 5.74) is 2.79. The van der Waals surface area contributed by atoms with Gasteiger partial charge in [0, 0.05) is 30.1 Å². The number of carbonyl (C=O) groups excluding carboxylic acids is 1. The Morgan fingerprint density at radius 3 is 2.27 bits per heavy atom. The highest BCUT2D eigenvalue weighted by Crippen LogP contribution is 2.29. The zero-order valence-corrected chi connectivity index (χ0v) is 15.6. The van der Waals surface area contributed by atoms with Gasteiger partial charge in [0.05, 0.1) is 14.2 Å². The number of ether oxygens (including phenoxy) is 2. The van der Waals surface area contributed by atoms with E-state index in [1.165, 1.54) is 0 Å². The zero-order valence-electron chi connectivity index (χ0n) is 15.6. The zero-order chi connectivity index (χ0) is 18.7. The Bertz CT molecular complexity index is 949. The predicted octanol–water partition coefficient (Wildman–Crippen LogP) is 4.44. The number of rotatable bonds is 5. The maximum atomic E-state index is 13.1. The second kappa shape index (κ2) is 7.48. The van der Waals surface area contributed by atoms with Crippen molar-refractivity contribution in [1.82, 2.24) is 4.90 Å². The Balaban J connectivity index is 1.95. The van der Waals surface area contributed by atoms with Crippen molar-refractivity contribution >= 4 is 16.7 Å². The summed E-state index contributed by atoms with van der Waals surface area (Å²) in [5.74, 6) is 1.52. The van der Waals surface area contributed by atoms with E-state index in [9.17, 15) is 4.79 Å². The molecule has 3 aromatic carbocycles. The SMILES string of the molecule is COc1ccc(C)cc1CN(C)C(=O)c1ccc(OC)c2ccccc12. The van der Waals surface area contributed by atoms with E-state index in [-0.39, 0.29) is 5.91 Å². The molecule has 134 valence electrons. The number of fused-ring (bicyclic) bond motifs is 1. The summed E-state index contributed by atoms with van der Waals surface area (Å²) >= 11 is 0. The first kappa shape index (κ1) is 17.8. The van der Waals surface area contributed by atoms with E-state index in [2.05, 4.69) is 6.07 Å². The van der Waals surface area contributed by atoms with E-state index in [1.54, 1.807) is 19.1 Å². The summed E-state index contributed by atoms with van der Waals surface area (Å²) < 4.78 is 10.9. The van der Waals surface area contributed by atoms with Crippen LogP contribution in [0, 0.1) is 6.92 Å². The van der Waals surface area contributed by atoms with Gasteiger partial charge in [-0.05, 0) is 30.5 Å². The van der Waals surface area contributed by atoms with Gasteiger partial charge in [-0.15, -0.1) is 0 Å². The first-order valence-corrected chi connectivity index (χ1v) is 8.50. The van der Waals surface area contributed by atoms with Gasteiger partial charge in [0.2, 0.25) is 0 Å². The maximum Gasteiger partial charge on any atom is 0.254 e. The van der Waals surface area contributed by atoms with Crippen molar-refractivity contribution in [1.29, 1.82) is 0 Å². The number of nitrogens with zero attached hydrogens (tertiary/aromatic N) is 1. The number of hydrogen-bond donors (Lipinski definition) is 0. The first-order chi connectivity index (χ1) is 12.5. The molecule has 0 N–H and O–H groups in total. The Hall–Kier alpha value is -3.01. The van der Waals surface area contributed by atoms with Gasteiger partial charge in [-0.25, -0.2) is 0 Å². The minimum atomic E-state index is -0.0348. The molecule has 3 rings (SSSR count). The Morgan fingerprint density at radius 2 is 1.58 bits per heavy atom.